The number of ether oxygens (including phenoxy) is 1. The van der Waals surface area contributed by atoms with Gasteiger partial charge in [-0.25, -0.2) is 0 Å². The third-order valence-corrected chi connectivity index (χ3v) is 2.27. The molecule has 4 N–H and O–H groups in total. The molecule has 0 bridgehead atoms. The average molecular weight is 281 g/mol. The normalized spacial score (nSPS) is 10.1. The SMILES string of the molecule is Nc1ccc(Oc2cncc(Br)c2)nc1N. The minimum absolute atomic E-state index is 0.250. The summed E-state index contributed by atoms with van der Waals surface area (Å²) in [7, 11) is 0. The standard InChI is InChI=1S/C10H9BrN4O/c11-6-3-7(5-14-4-6)16-9-2-1-8(12)10(13)15-9/h1-5H,12H2,(H2,13,15). The maximum Gasteiger partial charge on any atom is 0.221 e. The predicted octanol–water partition coefficient (Wildman–Crippen LogP) is 2.20. The third-order valence-electron chi connectivity index (χ3n) is 1.83. The molecule has 5 nitrogen and oxygen atoms in total. The Morgan fingerprint density at radius 2 is 2.00 bits per heavy atom. The number of anilines is 2. The summed E-state index contributed by atoms with van der Waals surface area (Å²) >= 11 is 3.29. The van der Waals surface area contributed by atoms with E-state index in [2.05, 4.69) is 25.9 Å². The van der Waals surface area contributed by atoms with Crippen LogP contribution in [0.25, 0.3) is 0 Å². The number of hydrogen-bond donors (Lipinski definition) is 2. The van der Waals surface area contributed by atoms with Crippen molar-refractivity contribution in [2.75, 3.05) is 11.5 Å². The molecule has 0 atom stereocenters. The molecule has 0 aliphatic carbocycles. The largest absolute Gasteiger partial charge is 0.437 e. The first kappa shape index (κ1) is 10.7. The Morgan fingerprint density at radius 3 is 2.69 bits per heavy atom. The van der Waals surface area contributed by atoms with E-state index >= 15 is 0 Å². The molecule has 0 aliphatic heterocycles. The van der Waals surface area contributed by atoms with E-state index in [-0.39, 0.29) is 5.82 Å². The quantitative estimate of drug-likeness (QED) is 0.881. The van der Waals surface area contributed by atoms with Crippen LogP contribution in [0.1, 0.15) is 0 Å². The van der Waals surface area contributed by atoms with Crippen LogP contribution < -0.4 is 16.2 Å². The number of nitrogens with zero attached hydrogens (tertiary/aromatic N) is 2. The van der Waals surface area contributed by atoms with Gasteiger partial charge in [-0.3, -0.25) is 4.98 Å². The molecule has 82 valence electrons. The van der Waals surface area contributed by atoms with Gasteiger partial charge in [0.2, 0.25) is 5.88 Å². The van der Waals surface area contributed by atoms with Gasteiger partial charge >= 0.3 is 0 Å². The van der Waals surface area contributed by atoms with Crippen molar-refractivity contribution >= 4 is 27.4 Å². The number of hydrogen-bond acceptors (Lipinski definition) is 5. The molecule has 0 spiro atoms. The van der Waals surface area contributed by atoms with Gasteiger partial charge in [-0.1, -0.05) is 0 Å². The Labute approximate surface area is 101 Å². The molecule has 6 heteroatoms. The number of nitrogen functional groups attached to an aromatic ring is 2. The van der Waals surface area contributed by atoms with E-state index in [9.17, 15) is 0 Å². The van der Waals surface area contributed by atoms with Crippen molar-refractivity contribution in [3.8, 4) is 11.6 Å². The van der Waals surface area contributed by atoms with Crippen LogP contribution in [-0.4, -0.2) is 9.97 Å². The fourth-order valence-electron chi connectivity index (χ4n) is 1.09. The molecule has 2 heterocycles. The van der Waals surface area contributed by atoms with Crippen molar-refractivity contribution in [2.45, 2.75) is 0 Å². The van der Waals surface area contributed by atoms with E-state index in [4.69, 9.17) is 16.2 Å². The molecule has 0 fully saturated rings. The highest BCUT2D eigenvalue weighted by atomic mass is 79.9. The molecular weight excluding hydrogens is 272 g/mol. The second kappa shape index (κ2) is 4.36. The first-order valence-corrected chi connectivity index (χ1v) is 5.25. The van der Waals surface area contributed by atoms with Gasteiger partial charge in [0.25, 0.3) is 0 Å². The summed E-state index contributed by atoms with van der Waals surface area (Å²) in [6, 6.07) is 5.07. The van der Waals surface area contributed by atoms with Gasteiger partial charge in [-0.2, -0.15) is 4.98 Å². The smallest absolute Gasteiger partial charge is 0.221 e. The zero-order chi connectivity index (χ0) is 11.5. The Hall–Kier alpha value is -1.82. The molecule has 0 unspecified atom stereocenters. The highest BCUT2D eigenvalue weighted by molar-refractivity contribution is 9.10. The highest BCUT2D eigenvalue weighted by Crippen LogP contribution is 2.24. The monoisotopic (exact) mass is 280 g/mol. The summed E-state index contributed by atoms with van der Waals surface area (Å²) in [5, 5.41) is 0. The fourth-order valence-corrected chi connectivity index (χ4v) is 1.44. The van der Waals surface area contributed by atoms with Crippen molar-refractivity contribution in [3.63, 3.8) is 0 Å². The Bertz CT molecular complexity index is 518. The van der Waals surface area contributed by atoms with Crippen LogP contribution in [0.5, 0.6) is 11.6 Å². The molecule has 16 heavy (non-hydrogen) atoms. The average Bonchev–Trinajstić information content (AvgIpc) is 2.24. The van der Waals surface area contributed by atoms with Gasteiger partial charge in [0.15, 0.2) is 5.82 Å². The second-order valence-corrected chi connectivity index (χ2v) is 3.98. The molecule has 0 aromatic carbocycles. The van der Waals surface area contributed by atoms with Crippen molar-refractivity contribution < 1.29 is 4.74 Å². The van der Waals surface area contributed by atoms with E-state index in [1.54, 1.807) is 30.6 Å². The van der Waals surface area contributed by atoms with Gasteiger partial charge in [0.05, 0.1) is 11.9 Å². The van der Waals surface area contributed by atoms with Crippen LogP contribution in [-0.2, 0) is 0 Å². The third kappa shape index (κ3) is 2.40. The lowest BCUT2D eigenvalue weighted by Crippen LogP contribution is -1.98. The summed E-state index contributed by atoms with van der Waals surface area (Å²) in [4.78, 5) is 7.95. The van der Waals surface area contributed by atoms with Crippen molar-refractivity contribution in [1.82, 2.24) is 9.97 Å². The minimum Gasteiger partial charge on any atom is -0.437 e. The van der Waals surface area contributed by atoms with Crippen LogP contribution in [0.15, 0.2) is 35.1 Å². The number of nitrogens with two attached hydrogens (primary N) is 2. The molecule has 0 saturated carbocycles. The Kier molecular flexibility index (Phi) is 2.91. The second-order valence-electron chi connectivity index (χ2n) is 3.06. The topological polar surface area (TPSA) is 87.0 Å². The maximum atomic E-state index is 5.56. The molecule has 0 aliphatic rings. The summed E-state index contributed by atoms with van der Waals surface area (Å²) in [6.07, 6.45) is 3.25. The maximum absolute atomic E-state index is 5.56. The van der Waals surface area contributed by atoms with E-state index in [1.807, 2.05) is 0 Å². The number of halogens is 1. The molecule has 0 radical (unpaired) electrons. The summed E-state index contributed by atoms with van der Waals surface area (Å²) in [5.74, 6) is 1.21. The van der Waals surface area contributed by atoms with Crippen LogP contribution in [0, 0.1) is 0 Å². The molecule has 0 saturated heterocycles. The number of pyridine rings is 2. The molecule has 2 aromatic heterocycles. The van der Waals surface area contributed by atoms with E-state index in [0.717, 1.165) is 4.47 Å². The van der Waals surface area contributed by atoms with Gasteiger partial charge < -0.3 is 16.2 Å². The molecule has 0 amide bonds. The van der Waals surface area contributed by atoms with E-state index < -0.39 is 0 Å². The van der Waals surface area contributed by atoms with Crippen LogP contribution in [0.4, 0.5) is 11.5 Å². The predicted molar refractivity (Wildman–Crippen MR) is 65.1 cm³/mol. The first-order chi connectivity index (χ1) is 7.65. The lowest BCUT2D eigenvalue weighted by molar-refractivity contribution is 0.461. The molecule has 2 aromatic rings. The van der Waals surface area contributed by atoms with Gasteiger partial charge in [-0.15, -0.1) is 0 Å². The van der Waals surface area contributed by atoms with Crippen molar-refractivity contribution in [3.05, 3.63) is 35.1 Å². The Morgan fingerprint density at radius 1 is 1.19 bits per heavy atom. The zero-order valence-corrected chi connectivity index (χ0v) is 9.81. The number of rotatable bonds is 2. The lowest BCUT2D eigenvalue weighted by atomic mass is 10.4. The summed E-state index contributed by atoms with van der Waals surface area (Å²) in [6.45, 7) is 0. The molecule has 2 rings (SSSR count). The van der Waals surface area contributed by atoms with Crippen molar-refractivity contribution in [2.24, 2.45) is 0 Å². The summed E-state index contributed by atoms with van der Waals surface area (Å²) in [5.41, 5.74) is 11.5. The van der Waals surface area contributed by atoms with Gasteiger partial charge in [0, 0.05) is 16.7 Å². The van der Waals surface area contributed by atoms with E-state index in [0.29, 0.717) is 17.3 Å². The summed E-state index contributed by atoms with van der Waals surface area (Å²) < 4.78 is 6.28. The Balaban J connectivity index is 2.24. The van der Waals surface area contributed by atoms with Crippen LogP contribution in [0.2, 0.25) is 0 Å². The highest BCUT2D eigenvalue weighted by Gasteiger charge is 2.02. The number of aromatic nitrogens is 2. The van der Waals surface area contributed by atoms with Gasteiger partial charge in [-0.05, 0) is 28.1 Å². The molecular formula is C10H9BrN4O. The fraction of sp³-hybridized carbons (Fsp3) is 0. The zero-order valence-electron chi connectivity index (χ0n) is 8.22. The minimum atomic E-state index is 0.250. The van der Waals surface area contributed by atoms with Crippen LogP contribution in [0.3, 0.4) is 0 Å². The lowest BCUT2D eigenvalue weighted by Gasteiger charge is -2.06. The van der Waals surface area contributed by atoms with E-state index in [1.165, 1.54) is 0 Å². The van der Waals surface area contributed by atoms with Crippen molar-refractivity contribution in [1.29, 1.82) is 0 Å². The van der Waals surface area contributed by atoms with Crippen LogP contribution >= 0.6 is 15.9 Å². The first-order valence-electron chi connectivity index (χ1n) is 4.45. The van der Waals surface area contributed by atoms with Gasteiger partial charge in [0.1, 0.15) is 5.75 Å².